The summed E-state index contributed by atoms with van der Waals surface area (Å²) < 4.78 is 38.0. The van der Waals surface area contributed by atoms with E-state index in [1.807, 2.05) is 4.72 Å². The second kappa shape index (κ2) is 4.58. The zero-order valence-corrected chi connectivity index (χ0v) is 9.34. The van der Waals surface area contributed by atoms with Gasteiger partial charge in [-0.05, 0) is 30.7 Å². The maximum Gasteiger partial charge on any atom is 0.241 e. The Balaban J connectivity index is 2.99. The summed E-state index contributed by atoms with van der Waals surface area (Å²) in [7, 11) is -3.81. The Bertz CT molecular complexity index is 513. The zero-order chi connectivity index (χ0) is 12.3. The average Bonchev–Trinajstić information content (AvgIpc) is 2.19. The van der Waals surface area contributed by atoms with Crippen molar-refractivity contribution in [2.24, 2.45) is 5.73 Å². The van der Waals surface area contributed by atoms with Gasteiger partial charge in [-0.25, -0.2) is 17.5 Å². The largest absolute Gasteiger partial charge is 0.369 e. The number of amides is 1. The van der Waals surface area contributed by atoms with Crippen LogP contribution in [-0.4, -0.2) is 20.9 Å². The Morgan fingerprint density at radius 3 is 2.62 bits per heavy atom. The second-order valence-electron chi connectivity index (χ2n) is 3.20. The molecule has 0 saturated carbocycles. The third-order valence-electron chi connectivity index (χ3n) is 1.88. The number of nitrogens with two attached hydrogens (primary N) is 1. The van der Waals surface area contributed by atoms with Crippen molar-refractivity contribution < 1.29 is 17.6 Å². The van der Waals surface area contributed by atoms with Crippen LogP contribution in [0.15, 0.2) is 23.1 Å². The predicted octanol–water partition coefficient (Wildman–Crippen LogP) is -0.102. The van der Waals surface area contributed by atoms with Gasteiger partial charge in [-0.2, -0.15) is 0 Å². The highest BCUT2D eigenvalue weighted by atomic mass is 32.2. The van der Waals surface area contributed by atoms with Gasteiger partial charge in [-0.3, -0.25) is 4.79 Å². The number of carbonyl (C=O) groups is 1. The third kappa shape index (κ3) is 3.01. The van der Waals surface area contributed by atoms with Crippen molar-refractivity contribution in [3.8, 4) is 0 Å². The molecular weight excluding hydrogens is 235 g/mol. The summed E-state index contributed by atoms with van der Waals surface area (Å²) in [6, 6.07) is 3.35. The summed E-state index contributed by atoms with van der Waals surface area (Å²) in [5.41, 5.74) is 5.02. The van der Waals surface area contributed by atoms with E-state index in [1.54, 1.807) is 0 Å². The fraction of sp³-hybridized carbons (Fsp3) is 0.222. The first kappa shape index (κ1) is 12.6. The van der Waals surface area contributed by atoms with Crippen LogP contribution in [0.4, 0.5) is 4.39 Å². The molecule has 1 amide bonds. The van der Waals surface area contributed by atoms with Gasteiger partial charge in [-0.1, -0.05) is 0 Å². The summed E-state index contributed by atoms with van der Waals surface area (Å²) in [5, 5.41) is 0. The molecule has 0 radical (unpaired) electrons. The molecule has 0 spiro atoms. The van der Waals surface area contributed by atoms with Gasteiger partial charge in [0.05, 0.1) is 11.4 Å². The van der Waals surface area contributed by atoms with Crippen LogP contribution in [0.1, 0.15) is 5.56 Å². The van der Waals surface area contributed by atoms with E-state index in [9.17, 15) is 17.6 Å². The molecule has 0 aliphatic heterocycles. The zero-order valence-electron chi connectivity index (χ0n) is 8.53. The first-order valence-corrected chi connectivity index (χ1v) is 5.85. The Morgan fingerprint density at radius 1 is 1.50 bits per heavy atom. The van der Waals surface area contributed by atoms with Crippen LogP contribution in [0.25, 0.3) is 0 Å². The van der Waals surface area contributed by atoms with Crippen molar-refractivity contribution in [2.45, 2.75) is 11.8 Å². The van der Waals surface area contributed by atoms with Crippen molar-refractivity contribution in [1.29, 1.82) is 0 Å². The van der Waals surface area contributed by atoms with Crippen molar-refractivity contribution in [3.05, 3.63) is 29.6 Å². The standard InChI is InChI=1S/C9H11FN2O3S/c1-6-4-7(2-3-8(6)10)16(14,15)12-5-9(11)13/h2-4,12H,5H2,1H3,(H2,11,13). The SMILES string of the molecule is Cc1cc(S(=O)(=O)NCC(N)=O)ccc1F. The van der Waals surface area contributed by atoms with Gasteiger partial charge < -0.3 is 5.73 Å². The maximum absolute atomic E-state index is 12.9. The number of sulfonamides is 1. The number of halogens is 1. The minimum Gasteiger partial charge on any atom is -0.369 e. The smallest absolute Gasteiger partial charge is 0.241 e. The molecule has 0 aliphatic carbocycles. The molecule has 0 aromatic heterocycles. The van der Waals surface area contributed by atoms with E-state index in [0.29, 0.717) is 0 Å². The summed E-state index contributed by atoms with van der Waals surface area (Å²) in [4.78, 5) is 10.3. The summed E-state index contributed by atoms with van der Waals surface area (Å²) in [5.74, 6) is -1.28. The first-order chi connectivity index (χ1) is 7.33. The molecule has 1 aromatic rings. The maximum atomic E-state index is 12.9. The van der Waals surface area contributed by atoms with E-state index in [-0.39, 0.29) is 10.5 Å². The first-order valence-electron chi connectivity index (χ1n) is 4.37. The molecule has 3 N–H and O–H groups in total. The van der Waals surface area contributed by atoms with Crippen molar-refractivity contribution in [1.82, 2.24) is 4.72 Å². The molecule has 0 aliphatic rings. The Labute approximate surface area is 92.5 Å². The third-order valence-corrected chi connectivity index (χ3v) is 3.28. The molecule has 1 rings (SSSR count). The molecule has 0 bridgehead atoms. The van der Waals surface area contributed by atoms with E-state index in [4.69, 9.17) is 5.73 Å². The van der Waals surface area contributed by atoms with E-state index >= 15 is 0 Å². The molecule has 0 saturated heterocycles. The molecule has 88 valence electrons. The number of carbonyl (C=O) groups excluding carboxylic acids is 1. The minimum atomic E-state index is -3.81. The van der Waals surface area contributed by atoms with Crippen molar-refractivity contribution >= 4 is 15.9 Å². The van der Waals surface area contributed by atoms with Crippen molar-refractivity contribution in [2.75, 3.05) is 6.54 Å². The minimum absolute atomic E-state index is 0.104. The van der Waals surface area contributed by atoms with Gasteiger partial charge in [0.15, 0.2) is 0 Å². The van der Waals surface area contributed by atoms with Gasteiger partial charge in [0.25, 0.3) is 0 Å². The molecule has 0 fully saturated rings. The van der Waals surface area contributed by atoms with Crippen LogP contribution in [-0.2, 0) is 14.8 Å². The number of rotatable bonds is 4. The van der Waals surface area contributed by atoms with E-state index in [0.717, 1.165) is 12.1 Å². The average molecular weight is 246 g/mol. The fourth-order valence-electron chi connectivity index (χ4n) is 1.03. The molecule has 5 nitrogen and oxygen atoms in total. The predicted molar refractivity (Wildman–Crippen MR) is 55.5 cm³/mol. The lowest BCUT2D eigenvalue weighted by molar-refractivity contribution is -0.116. The van der Waals surface area contributed by atoms with Crippen LogP contribution in [0.5, 0.6) is 0 Å². The monoisotopic (exact) mass is 246 g/mol. The highest BCUT2D eigenvalue weighted by molar-refractivity contribution is 7.89. The molecule has 0 atom stereocenters. The quantitative estimate of drug-likeness (QED) is 0.777. The highest BCUT2D eigenvalue weighted by Crippen LogP contribution is 2.13. The lowest BCUT2D eigenvalue weighted by Gasteiger charge is -2.05. The summed E-state index contributed by atoms with van der Waals surface area (Å²) in [6.45, 7) is 0.960. The normalized spacial score (nSPS) is 11.4. The van der Waals surface area contributed by atoms with E-state index < -0.39 is 28.3 Å². The van der Waals surface area contributed by atoms with Crippen LogP contribution >= 0.6 is 0 Å². The number of aryl methyl sites for hydroxylation is 1. The molecule has 0 unspecified atom stereocenters. The van der Waals surface area contributed by atoms with Crippen LogP contribution in [0.2, 0.25) is 0 Å². The summed E-state index contributed by atoms with van der Waals surface area (Å²) in [6.07, 6.45) is 0. The second-order valence-corrected chi connectivity index (χ2v) is 4.97. The van der Waals surface area contributed by atoms with E-state index in [1.165, 1.54) is 13.0 Å². The summed E-state index contributed by atoms with van der Waals surface area (Å²) >= 11 is 0. The van der Waals surface area contributed by atoms with Crippen molar-refractivity contribution in [3.63, 3.8) is 0 Å². The van der Waals surface area contributed by atoms with E-state index in [2.05, 4.69) is 0 Å². The number of hydrogen-bond acceptors (Lipinski definition) is 3. The number of primary amides is 1. The lowest BCUT2D eigenvalue weighted by atomic mass is 10.2. The Morgan fingerprint density at radius 2 is 2.12 bits per heavy atom. The molecule has 0 heterocycles. The molecule has 1 aromatic carbocycles. The molecule has 7 heteroatoms. The molecule has 16 heavy (non-hydrogen) atoms. The van der Waals surface area contributed by atoms with Gasteiger partial charge >= 0.3 is 0 Å². The Kier molecular flexibility index (Phi) is 3.61. The number of hydrogen-bond donors (Lipinski definition) is 2. The number of benzene rings is 1. The van der Waals surface area contributed by atoms with Crippen LogP contribution < -0.4 is 10.5 Å². The van der Waals surface area contributed by atoms with Gasteiger partial charge in [-0.15, -0.1) is 0 Å². The van der Waals surface area contributed by atoms with Gasteiger partial charge in [0.2, 0.25) is 15.9 Å². The highest BCUT2D eigenvalue weighted by Gasteiger charge is 2.15. The van der Waals surface area contributed by atoms with Crippen LogP contribution in [0.3, 0.4) is 0 Å². The lowest BCUT2D eigenvalue weighted by Crippen LogP contribution is -2.33. The van der Waals surface area contributed by atoms with Gasteiger partial charge in [0, 0.05) is 0 Å². The fourth-order valence-corrected chi connectivity index (χ4v) is 2.11. The Hall–Kier alpha value is -1.47. The number of nitrogens with one attached hydrogen (secondary N) is 1. The topological polar surface area (TPSA) is 89.3 Å². The van der Waals surface area contributed by atoms with Gasteiger partial charge in [0.1, 0.15) is 5.82 Å². The van der Waals surface area contributed by atoms with Crippen LogP contribution in [0, 0.1) is 12.7 Å². The molecular formula is C9H11FN2O3S.